The maximum absolute atomic E-state index is 11.9. The van der Waals surface area contributed by atoms with Gasteiger partial charge in [0, 0.05) is 12.8 Å². The summed E-state index contributed by atoms with van der Waals surface area (Å²) in [5, 5.41) is 10.9. The van der Waals surface area contributed by atoms with E-state index in [9.17, 15) is 9.59 Å². The van der Waals surface area contributed by atoms with Gasteiger partial charge in [-0.25, -0.2) is 4.98 Å². The van der Waals surface area contributed by atoms with E-state index < -0.39 is 18.4 Å². The zero-order valence-electron chi connectivity index (χ0n) is 15.0. The molecule has 7 heteroatoms. The number of amides is 1. The van der Waals surface area contributed by atoms with Gasteiger partial charge in [0.25, 0.3) is 5.91 Å². The van der Waals surface area contributed by atoms with Gasteiger partial charge >= 0.3 is 5.97 Å². The summed E-state index contributed by atoms with van der Waals surface area (Å²) >= 11 is 0. The number of carbonyl (C=O) groups excluding carboxylic acids is 1. The van der Waals surface area contributed by atoms with Gasteiger partial charge in [0.05, 0.1) is 13.7 Å². The average molecular weight is 352 g/mol. The number of methoxy groups -OCH3 is 1. The fourth-order valence-corrected chi connectivity index (χ4v) is 2.30. The molecule has 1 heterocycles. The molecule has 0 radical (unpaired) electrons. The Morgan fingerprint density at radius 2 is 1.92 bits per heavy atom. The Hall–Kier alpha value is -2.15. The van der Waals surface area contributed by atoms with Crippen molar-refractivity contribution in [1.29, 1.82) is 0 Å². The van der Waals surface area contributed by atoms with Crippen molar-refractivity contribution in [3.8, 4) is 5.75 Å². The number of rotatable bonds is 13. The summed E-state index contributed by atoms with van der Waals surface area (Å²) in [4.78, 5) is 26.5. The van der Waals surface area contributed by atoms with E-state index in [0.717, 1.165) is 12.0 Å². The maximum Gasteiger partial charge on any atom is 0.322 e. The fraction of sp³-hybridized carbons (Fsp3) is 0.611. The Morgan fingerprint density at radius 3 is 2.60 bits per heavy atom. The summed E-state index contributed by atoms with van der Waals surface area (Å²) < 4.78 is 10.8. The summed E-state index contributed by atoms with van der Waals surface area (Å²) in [5.41, 5.74) is 0.862. The van der Waals surface area contributed by atoms with E-state index in [-0.39, 0.29) is 5.69 Å². The van der Waals surface area contributed by atoms with Crippen molar-refractivity contribution in [2.45, 2.75) is 52.1 Å². The van der Waals surface area contributed by atoms with Crippen molar-refractivity contribution in [2.75, 3.05) is 20.3 Å². The lowest BCUT2D eigenvalue weighted by Crippen LogP contribution is -2.30. The highest BCUT2D eigenvalue weighted by Gasteiger charge is 2.15. The Balaban J connectivity index is 2.41. The quantitative estimate of drug-likeness (QED) is 0.530. The lowest BCUT2D eigenvalue weighted by molar-refractivity contribution is -0.135. The second-order valence-corrected chi connectivity index (χ2v) is 5.79. The van der Waals surface area contributed by atoms with Crippen molar-refractivity contribution in [3.05, 3.63) is 23.5 Å². The van der Waals surface area contributed by atoms with E-state index in [4.69, 9.17) is 14.6 Å². The van der Waals surface area contributed by atoms with E-state index in [1.807, 2.05) is 0 Å². The van der Waals surface area contributed by atoms with Crippen molar-refractivity contribution in [2.24, 2.45) is 0 Å². The Morgan fingerprint density at radius 1 is 1.20 bits per heavy atom. The highest BCUT2D eigenvalue weighted by atomic mass is 16.5. The van der Waals surface area contributed by atoms with E-state index in [1.54, 1.807) is 12.3 Å². The number of nitrogens with zero attached hydrogens (tertiary/aromatic N) is 1. The smallest absolute Gasteiger partial charge is 0.322 e. The number of aromatic nitrogens is 1. The average Bonchev–Trinajstić information content (AvgIpc) is 2.61. The first kappa shape index (κ1) is 20.9. The molecule has 7 nitrogen and oxygen atoms in total. The number of ether oxygens (including phenoxy) is 2. The van der Waals surface area contributed by atoms with Crippen molar-refractivity contribution in [3.63, 3.8) is 0 Å². The second kappa shape index (κ2) is 12.2. The van der Waals surface area contributed by atoms with Gasteiger partial charge < -0.3 is 19.9 Å². The molecular weight excluding hydrogens is 324 g/mol. The van der Waals surface area contributed by atoms with Crippen LogP contribution in [0.25, 0.3) is 0 Å². The molecule has 0 aliphatic heterocycles. The largest absolute Gasteiger partial charge is 0.494 e. The molecule has 0 aromatic carbocycles. The van der Waals surface area contributed by atoms with Gasteiger partial charge in [-0.05, 0) is 18.1 Å². The predicted molar refractivity (Wildman–Crippen MR) is 93.8 cm³/mol. The summed E-state index contributed by atoms with van der Waals surface area (Å²) in [5.74, 6) is -1.41. The standard InChI is InChI=1S/C18H28N2O5/c1-3-4-5-6-7-8-9-25-13-14-10-15(24-2)17(19-11-14)18(23)20-12-16(21)22/h10-11H,3-9,12-13H2,1-2H3,(H,20,23)(H,21,22). The lowest BCUT2D eigenvalue weighted by atomic mass is 10.1. The summed E-state index contributed by atoms with van der Waals surface area (Å²) in [7, 11) is 1.44. The number of hydrogen-bond donors (Lipinski definition) is 2. The molecule has 140 valence electrons. The first-order valence-electron chi connectivity index (χ1n) is 8.69. The molecule has 0 unspecified atom stereocenters. The Labute approximate surface area is 148 Å². The van der Waals surface area contributed by atoms with Gasteiger partial charge in [-0.3, -0.25) is 9.59 Å². The minimum Gasteiger partial charge on any atom is -0.494 e. The first-order chi connectivity index (χ1) is 12.1. The van der Waals surface area contributed by atoms with Gasteiger partial charge in [-0.1, -0.05) is 39.0 Å². The molecule has 0 bridgehead atoms. The molecule has 0 fully saturated rings. The molecule has 1 aromatic rings. The zero-order valence-corrected chi connectivity index (χ0v) is 15.0. The van der Waals surface area contributed by atoms with E-state index in [0.29, 0.717) is 19.0 Å². The lowest BCUT2D eigenvalue weighted by Gasteiger charge is -2.10. The van der Waals surface area contributed by atoms with Crippen LogP contribution < -0.4 is 10.1 Å². The van der Waals surface area contributed by atoms with Crippen LogP contribution in [0.15, 0.2) is 12.3 Å². The highest BCUT2D eigenvalue weighted by molar-refractivity contribution is 5.96. The normalized spacial score (nSPS) is 10.5. The third kappa shape index (κ3) is 8.49. The van der Waals surface area contributed by atoms with E-state index >= 15 is 0 Å². The number of unbranched alkanes of at least 4 members (excludes halogenated alkanes) is 5. The van der Waals surface area contributed by atoms with Gasteiger partial charge in [-0.2, -0.15) is 0 Å². The van der Waals surface area contributed by atoms with Crippen molar-refractivity contribution < 1.29 is 24.2 Å². The predicted octanol–water partition coefficient (Wildman–Crippen LogP) is 2.78. The Kier molecular flexibility index (Phi) is 10.2. The van der Waals surface area contributed by atoms with Gasteiger partial charge in [0.2, 0.25) is 0 Å². The number of carbonyl (C=O) groups is 2. The molecule has 1 aromatic heterocycles. The van der Waals surface area contributed by atoms with Gasteiger partial charge in [0.1, 0.15) is 6.54 Å². The minimum atomic E-state index is -1.12. The Bertz CT molecular complexity index is 548. The van der Waals surface area contributed by atoms with Crippen LogP contribution in [0.4, 0.5) is 0 Å². The summed E-state index contributed by atoms with van der Waals surface area (Å²) in [6.45, 7) is 2.82. The molecule has 0 aliphatic carbocycles. The summed E-state index contributed by atoms with van der Waals surface area (Å²) in [6.07, 6.45) is 8.80. The van der Waals surface area contributed by atoms with Crippen LogP contribution in [0.2, 0.25) is 0 Å². The number of carboxylic acids is 1. The van der Waals surface area contributed by atoms with Crippen LogP contribution in [0.1, 0.15) is 61.5 Å². The molecule has 1 rings (SSSR count). The molecule has 25 heavy (non-hydrogen) atoms. The maximum atomic E-state index is 11.9. The van der Waals surface area contributed by atoms with Crippen LogP contribution in [0.3, 0.4) is 0 Å². The molecule has 0 atom stereocenters. The third-order valence-electron chi connectivity index (χ3n) is 3.66. The van der Waals surface area contributed by atoms with Crippen molar-refractivity contribution >= 4 is 11.9 Å². The number of carboxylic acid groups (broad SMARTS) is 1. The number of hydrogen-bond acceptors (Lipinski definition) is 5. The SMILES string of the molecule is CCCCCCCCOCc1cnc(C(=O)NCC(=O)O)c(OC)c1. The van der Waals surface area contributed by atoms with Crippen LogP contribution in [0.5, 0.6) is 5.75 Å². The van der Waals surface area contributed by atoms with Crippen LogP contribution in [-0.4, -0.2) is 42.2 Å². The number of pyridine rings is 1. The first-order valence-corrected chi connectivity index (χ1v) is 8.69. The number of aliphatic carboxylic acids is 1. The van der Waals surface area contributed by atoms with Crippen LogP contribution in [-0.2, 0) is 16.1 Å². The molecule has 0 spiro atoms. The van der Waals surface area contributed by atoms with Gasteiger partial charge in [0.15, 0.2) is 11.4 Å². The number of nitrogens with one attached hydrogen (secondary N) is 1. The monoisotopic (exact) mass is 352 g/mol. The minimum absolute atomic E-state index is 0.0587. The molecule has 0 saturated heterocycles. The van der Waals surface area contributed by atoms with E-state index in [2.05, 4.69) is 17.2 Å². The molecule has 1 amide bonds. The highest BCUT2D eigenvalue weighted by Crippen LogP contribution is 2.18. The van der Waals surface area contributed by atoms with Crippen LogP contribution in [0, 0.1) is 0 Å². The third-order valence-corrected chi connectivity index (χ3v) is 3.66. The van der Waals surface area contributed by atoms with Crippen LogP contribution >= 0.6 is 0 Å². The molecule has 2 N–H and O–H groups in total. The fourth-order valence-electron chi connectivity index (χ4n) is 2.30. The molecule has 0 aliphatic rings. The molecule has 0 saturated carbocycles. The van der Waals surface area contributed by atoms with Crippen molar-refractivity contribution in [1.82, 2.24) is 10.3 Å². The zero-order chi connectivity index (χ0) is 18.5. The summed E-state index contributed by atoms with van der Waals surface area (Å²) in [6, 6.07) is 1.68. The molecular formula is C18H28N2O5. The topological polar surface area (TPSA) is 97.8 Å². The van der Waals surface area contributed by atoms with Gasteiger partial charge in [-0.15, -0.1) is 0 Å². The second-order valence-electron chi connectivity index (χ2n) is 5.79. The van der Waals surface area contributed by atoms with E-state index in [1.165, 1.54) is 39.2 Å².